The molecule has 1 aliphatic rings. The summed E-state index contributed by atoms with van der Waals surface area (Å²) in [5.74, 6) is 0.975. The zero-order valence-corrected chi connectivity index (χ0v) is 14.9. The van der Waals surface area contributed by atoms with Crippen molar-refractivity contribution in [1.29, 1.82) is 0 Å². The van der Waals surface area contributed by atoms with E-state index in [0.29, 0.717) is 19.5 Å². The van der Waals surface area contributed by atoms with Crippen LogP contribution in [0.15, 0.2) is 12.4 Å². The minimum Gasteiger partial charge on any atom is -0.345 e. The molecule has 1 aliphatic heterocycles. The molecule has 0 N–H and O–H groups in total. The van der Waals surface area contributed by atoms with Gasteiger partial charge in [-0.1, -0.05) is 0 Å². The van der Waals surface area contributed by atoms with Gasteiger partial charge in [-0.3, -0.25) is 9.59 Å². The maximum Gasteiger partial charge on any atom is 0.227 e. The predicted molar refractivity (Wildman–Crippen MR) is 88.7 cm³/mol. The van der Waals surface area contributed by atoms with Gasteiger partial charge in [0.1, 0.15) is 5.82 Å². The van der Waals surface area contributed by atoms with Crippen LogP contribution in [0, 0.1) is 5.92 Å². The van der Waals surface area contributed by atoms with Crippen LogP contribution in [0.2, 0.25) is 0 Å². The smallest absolute Gasteiger partial charge is 0.227 e. The number of imidazole rings is 1. The van der Waals surface area contributed by atoms with E-state index in [4.69, 9.17) is 0 Å². The van der Waals surface area contributed by atoms with Gasteiger partial charge in [0, 0.05) is 58.0 Å². The van der Waals surface area contributed by atoms with Crippen molar-refractivity contribution in [2.45, 2.75) is 45.6 Å². The van der Waals surface area contributed by atoms with Crippen LogP contribution in [0.4, 0.5) is 0 Å². The van der Waals surface area contributed by atoms with E-state index in [9.17, 15) is 9.59 Å². The predicted octanol–water partition coefficient (Wildman–Crippen LogP) is 1.46. The van der Waals surface area contributed by atoms with Gasteiger partial charge in [-0.15, -0.1) is 0 Å². The molecule has 0 bridgehead atoms. The molecule has 1 aromatic heterocycles. The Morgan fingerprint density at radius 1 is 1.43 bits per heavy atom. The van der Waals surface area contributed by atoms with Gasteiger partial charge in [-0.2, -0.15) is 0 Å². The standard InChI is InChI=1S/C17H28N4O2/c1-17(2,3)21-12-13(11-15(21)22)16(23)20(5)9-6-7-14-18-8-10-19(14)4/h8,10,13H,6-7,9,11-12H2,1-5H3/t13-/m1/s1. The molecule has 1 aromatic rings. The maximum atomic E-state index is 12.5. The molecule has 1 fully saturated rings. The number of rotatable bonds is 5. The number of carbonyl (C=O) groups is 2. The third-order valence-corrected chi connectivity index (χ3v) is 4.48. The van der Waals surface area contributed by atoms with E-state index >= 15 is 0 Å². The first-order valence-corrected chi connectivity index (χ1v) is 8.22. The molecular weight excluding hydrogens is 292 g/mol. The molecule has 2 amide bonds. The summed E-state index contributed by atoms with van der Waals surface area (Å²) in [5, 5.41) is 0. The van der Waals surface area contributed by atoms with Crippen molar-refractivity contribution >= 4 is 11.8 Å². The van der Waals surface area contributed by atoms with Crippen LogP contribution in [-0.4, -0.2) is 56.8 Å². The molecular formula is C17H28N4O2. The lowest BCUT2D eigenvalue weighted by Gasteiger charge is -2.32. The average molecular weight is 320 g/mol. The normalized spacial score (nSPS) is 18.6. The van der Waals surface area contributed by atoms with Gasteiger partial charge >= 0.3 is 0 Å². The second-order valence-corrected chi connectivity index (χ2v) is 7.39. The van der Waals surface area contributed by atoms with Crippen molar-refractivity contribution in [2.24, 2.45) is 13.0 Å². The highest BCUT2D eigenvalue weighted by Gasteiger charge is 2.40. The van der Waals surface area contributed by atoms with Gasteiger partial charge in [0.25, 0.3) is 0 Å². The maximum absolute atomic E-state index is 12.5. The van der Waals surface area contributed by atoms with E-state index in [1.807, 2.05) is 50.5 Å². The summed E-state index contributed by atoms with van der Waals surface area (Å²) in [4.78, 5) is 32.5. The summed E-state index contributed by atoms with van der Waals surface area (Å²) < 4.78 is 2.00. The van der Waals surface area contributed by atoms with Gasteiger partial charge in [0.05, 0.1) is 5.92 Å². The molecule has 1 atom stereocenters. The van der Waals surface area contributed by atoms with Gasteiger partial charge in [-0.05, 0) is 27.2 Å². The highest BCUT2D eigenvalue weighted by atomic mass is 16.2. The Bertz CT molecular complexity index is 573. The number of nitrogens with zero attached hydrogens (tertiary/aromatic N) is 4. The Labute approximate surface area is 138 Å². The molecule has 6 heteroatoms. The number of carbonyl (C=O) groups excluding carboxylic acids is 2. The van der Waals surface area contributed by atoms with Crippen LogP contribution < -0.4 is 0 Å². The molecule has 23 heavy (non-hydrogen) atoms. The zero-order valence-electron chi connectivity index (χ0n) is 14.9. The van der Waals surface area contributed by atoms with Crippen molar-refractivity contribution in [1.82, 2.24) is 19.4 Å². The van der Waals surface area contributed by atoms with Crippen LogP contribution in [0.5, 0.6) is 0 Å². The van der Waals surface area contributed by atoms with Crippen molar-refractivity contribution in [3.8, 4) is 0 Å². The highest BCUT2D eigenvalue weighted by molar-refractivity contribution is 5.89. The van der Waals surface area contributed by atoms with Crippen LogP contribution in [0.3, 0.4) is 0 Å². The first-order chi connectivity index (χ1) is 10.7. The Balaban J connectivity index is 1.83. The zero-order chi connectivity index (χ0) is 17.2. The molecule has 6 nitrogen and oxygen atoms in total. The Morgan fingerprint density at radius 3 is 2.65 bits per heavy atom. The third-order valence-electron chi connectivity index (χ3n) is 4.48. The molecule has 2 rings (SSSR count). The monoisotopic (exact) mass is 320 g/mol. The average Bonchev–Trinajstić information content (AvgIpc) is 3.04. The van der Waals surface area contributed by atoms with Crippen molar-refractivity contribution in [2.75, 3.05) is 20.1 Å². The molecule has 0 radical (unpaired) electrons. The summed E-state index contributed by atoms with van der Waals surface area (Å²) in [6.45, 7) is 7.24. The molecule has 128 valence electrons. The number of hydrogen-bond acceptors (Lipinski definition) is 3. The van der Waals surface area contributed by atoms with E-state index < -0.39 is 0 Å². The van der Waals surface area contributed by atoms with Gasteiger partial charge in [0.15, 0.2) is 0 Å². The lowest BCUT2D eigenvalue weighted by Crippen LogP contribution is -2.43. The number of aromatic nitrogens is 2. The first kappa shape index (κ1) is 17.5. The minimum absolute atomic E-state index is 0.0740. The van der Waals surface area contributed by atoms with Crippen molar-refractivity contribution < 1.29 is 9.59 Å². The topological polar surface area (TPSA) is 58.4 Å². The molecule has 0 spiro atoms. The fourth-order valence-electron chi connectivity index (χ4n) is 3.05. The lowest BCUT2D eigenvalue weighted by molar-refractivity contribution is -0.134. The minimum atomic E-state index is -0.219. The number of hydrogen-bond donors (Lipinski definition) is 0. The summed E-state index contributed by atoms with van der Waals surface area (Å²) in [6.07, 6.45) is 5.76. The van der Waals surface area contributed by atoms with E-state index in [-0.39, 0.29) is 23.3 Å². The third kappa shape index (κ3) is 4.12. The first-order valence-electron chi connectivity index (χ1n) is 8.22. The second-order valence-electron chi connectivity index (χ2n) is 7.39. The Hall–Kier alpha value is -1.85. The van der Waals surface area contributed by atoms with Crippen LogP contribution in [-0.2, 0) is 23.1 Å². The molecule has 0 unspecified atom stereocenters. The van der Waals surface area contributed by atoms with E-state index in [2.05, 4.69) is 4.98 Å². The van der Waals surface area contributed by atoms with Gasteiger partial charge in [0.2, 0.25) is 11.8 Å². The van der Waals surface area contributed by atoms with E-state index in [1.54, 1.807) is 11.1 Å². The molecule has 0 aromatic carbocycles. The van der Waals surface area contributed by atoms with Crippen molar-refractivity contribution in [3.05, 3.63) is 18.2 Å². The summed E-state index contributed by atoms with van der Waals surface area (Å²) in [5.41, 5.74) is -0.219. The van der Waals surface area contributed by atoms with E-state index in [1.165, 1.54) is 0 Å². The Kier molecular flexibility index (Phi) is 5.12. The summed E-state index contributed by atoms with van der Waals surface area (Å²) in [7, 11) is 3.80. The largest absolute Gasteiger partial charge is 0.345 e. The Morgan fingerprint density at radius 2 is 2.13 bits per heavy atom. The van der Waals surface area contributed by atoms with Crippen molar-refractivity contribution in [3.63, 3.8) is 0 Å². The van der Waals surface area contributed by atoms with Gasteiger partial charge < -0.3 is 14.4 Å². The molecule has 0 saturated carbocycles. The van der Waals surface area contributed by atoms with E-state index in [0.717, 1.165) is 18.7 Å². The number of aryl methyl sites for hydroxylation is 2. The lowest BCUT2D eigenvalue weighted by atomic mass is 10.1. The van der Waals surface area contributed by atoms with Crippen LogP contribution >= 0.6 is 0 Å². The highest BCUT2D eigenvalue weighted by Crippen LogP contribution is 2.26. The fourth-order valence-corrected chi connectivity index (χ4v) is 3.05. The molecule has 1 saturated heterocycles. The van der Waals surface area contributed by atoms with Crippen LogP contribution in [0.25, 0.3) is 0 Å². The quantitative estimate of drug-likeness (QED) is 0.825. The molecule has 2 heterocycles. The summed E-state index contributed by atoms with van der Waals surface area (Å²) in [6, 6.07) is 0. The fraction of sp³-hybridized carbons (Fsp3) is 0.706. The summed E-state index contributed by atoms with van der Waals surface area (Å²) >= 11 is 0. The van der Waals surface area contributed by atoms with Gasteiger partial charge in [-0.25, -0.2) is 4.98 Å². The number of likely N-dealkylation sites (tertiary alicyclic amines) is 1. The second kappa shape index (κ2) is 6.72. The SMILES string of the molecule is CN(CCCc1nccn1C)C(=O)[C@@H]1CC(=O)N(C(C)(C)C)C1. The molecule has 0 aliphatic carbocycles. The van der Waals surface area contributed by atoms with Crippen LogP contribution in [0.1, 0.15) is 39.4 Å². The number of amides is 2.